The van der Waals surface area contributed by atoms with E-state index in [4.69, 9.17) is 16.3 Å². The first-order valence-electron chi connectivity index (χ1n) is 9.77. The Morgan fingerprint density at radius 3 is 2.77 bits per heavy atom. The fourth-order valence-electron chi connectivity index (χ4n) is 3.74. The van der Waals surface area contributed by atoms with Gasteiger partial charge in [-0.15, -0.1) is 6.58 Å². The van der Waals surface area contributed by atoms with Crippen LogP contribution in [0.15, 0.2) is 55.1 Å². The van der Waals surface area contributed by atoms with E-state index in [1.165, 1.54) is 6.07 Å². The number of aromatic hydroxyl groups is 1. The Hall–Kier alpha value is -3.25. The number of nitrogens with one attached hydrogen (secondary N) is 1. The lowest BCUT2D eigenvalue weighted by Gasteiger charge is -2.25. The van der Waals surface area contributed by atoms with Crippen molar-refractivity contribution in [3.63, 3.8) is 0 Å². The summed E-state index contributed by atoms with van der Waals surface area (Å²) in [5.74, 6) is 0.659. The molecular formula is C23H22ClN3O3. The van der Waals surface area contributed by atoms with E-state index in [-0.39, 0.29) is 17.7 Å². The molecule has 1 aliphatic heterocycles. The van der Waals surface area contributed by atoms with Gasteiger partial charge in [-0.2, -0.15) is 5.10 Å². The highest BCUT2D eigenvalue weighted by Gasteiger charge is 2.42. The molecule has 0 spiro atoms. The molecule has 7 heteroatoms. The standard InChI is InChI=1S/C23H22ClN3O3/c1-3-11-27-22(14-5-8-16(9-6-14)30-12-4-2)19-20(25-26-21(19)23(27)29)17-13-15(24)7-10-18(17)28/h3,5-10,13,22,28H,1,4,11-12H2,2H3,(H,25,26). The number of benzene rings is 2. The van der Waals surface area contributed by atoms with Crippen LogP contribution >= 0.6 is 11.6 Å². The Kier molecular flexibility index (Phi) is 5.50. The highest BCUT2D eigenvalue weighted by atomic mass is 35.5. The van der Waals surface area contributed by atoms with E-state index in [0.717, 1.165) is 17.7 Å². The molecule has 0 radical (unpaired) electrons. The van der Waals surface area contributed by atoms with Crippen LogP contribution in [0.2, 0.25) is 5.02 Å². The van der Waals surface area contributed by atoms with Crippen molar-refractivity contribution in [3.05, 3.63) is 77.0 Å². The maximum absolute atomic E-state index is 13.1. The number of carbonyl (C=O) groups excluding carboxylic acids is 1. The molecule has 4 rings (SSSR count). The number of amides is 1. The molecule has 0 bridgehead atoms. The molecule has 0 saturated heterocycles. The minimum atomic E-state index is -0.377. The number of nitrogens with zero attached hydrogens (tertiary/aromatic N) is 2. The van der Waals surface area contributed by atoms with Gasteiger partial charge in [0.15, 0.2) is 0 Å². The second-order valence-electron chi connectivity index (χ2n) is 7.09. The molecule has 2 aromatic carbocycles. The van der Waals surface area contributed by atoms with Gasteiger partial charge in [-0.1, -0.05) is 36.7 Å². The van der Waals surface area contributed by atoms with E-state index >= 15 is 0 Å². The van der Waals surface area contributed by atoms with Gasteiger partial charge in [0.1, 0.15) is 22.9 Å². The van der Waals surface area contributed by atoms with E-state index in [2.05, 4.69) is 23.7 Å². The molecule has 1 aromatic heterocycles. The molecule has 2 N–H and O–H groups in total. The Labute approximate surface area is 179 Å². The monoisotopic (exact) mass is 423 g/mol. The largest absolute Gasteiger partial charge is 0.507 e. The van der Waals surface area contributed by atoms with Crippen molar-refractivity contribution in [3.8, 4) is 22.8 Å². The van der Waals surface area contributed by atoms with Gasteiger partial charge >= 0.3 is 0 Å². The van der Waals surface area contributed by atoms with Crippen LogP contribution in [-0.4, -0.2) is 39.3 Å². The summed E-state index contributed by atoms with van der Waals surface area (Å²) < 4.78 is 5.68. The van der Waals surface area contributed by atoms with Crippen LogP contribution in [0.5, 0.6) is 11.5 Å². The van der Waals surface area contributed by atoms with Crippen molar-refractivity contribution >= 4 is 17.5 Å². The topological polar surface area (TPSA) is 78.5 Å². The third-order valence-electron chi connectivity index (χ3n) is 5.07. The highest BCUT2D eigenvalue weighted by Crippen LogP contribution is 2.45. The van der Waals surface area contributed by atoms with Crippen molar-refractivity contribution < 1.29 is 14.6 Å². The number of phenols is 1. The normalized spacial score (nSPS) is 15.3. The summed E-state index contributed by atoms with van der Waals surface area (Å²) in [4.78, 5) is 14.8. The smallest absolute Gasteiger partial charge is 0.273 e. The molecule has 1 unspecified atom stereocenters. The van der Waals surface area contributed by atoms with Gasteiger partial charge in [-0.3, -0.25) is 9.89 Å². The summed E-state index contributed by atoms with van der Waals surface area (Å²) >= 11 is 6.15. The number of H-pyrrole nitrogens is 1. The van der Waals surface area contributed by atoms with Gasteiger partial charge in [-0.05, 0) is 42.3 Å². The molecule has 0 saturated carbocycles. The fourth-order valence-corrected chi connectivity index (χ4v) is 3.91. The van der Waals surface area contributed by atoms with Crippen LogP contribution in [0.3, 0.4) is 0 Å². The third kappa shape index (κ3) is 3.44. The van der Waals surface area contributed by atoms with E-state index < -0.39 is 0 Å². The number of hydrogen-bond donors (Lipinski definition) is 2. The van der Waals surface area contributed by atoms with Crippen LogP contribution in [0, 0.1) is 0 Å². The van der Waals surface area contributed by atoms with Crippen molar-refractivity contribution in [1.82, 2.24) is 15.1 Å². The summed E-state index contributed by atoms with van der Waals surface area (Å²) in [5.41, 5.74) is 3.00. The van der Waals surface area contributed by atoms with Gasteiger partial charge in [-0.25, -0.2) is 0 Å². The fraction of sp³-hybridized carbons (Fsp3) is 0.217. The Bertz CT molecular complexity index is 1090. The molecule has 1 amide bonds. The van der Waals surface area contributed by atoms with Crippen LogP contribution < -0.4 is 4.74 Å². The first-order valence-corrected chi connectivity index (χ1v) is 10.1. The summed E-state index contributed by atoms with van der Waals surface area (Å²) in [5, 5.41) is 18.1. The number of carbonyl (C=O) groups is 1. The molecule has 0 aliphatic carbocycles. The average molecular weight is 424 g/mol. The molecule has 3 aromatic rings. The molecular weight excluding hydrogens is 402 g/mol. The second-order valence-corrected chi connectivity index (χ2v) is 7.53. The van der Waals surface area contributed by atoms with Crippen LogP contribution in [0.25, 0.3) is 11.3 Å². The lowest BCUT2D eigenvalue weighted by molar-refractivity contribution is 0.0764. The molecule has 1 aliphatic rings. The van der Waals surface area contributed by atoms with Crippen LogP contribution in [0.4, 0.5) is 0 Å². The number of fused-ring (bicyclic) bond motifs is 1. The zero-order chi connectivity index (χ0) is 21.3. The van der Waals surface area contributed by atoms with Gasteiger partial charge in [0.2, 0.25) is 0 Å². The van der Waals surface area contributed by atoms with Gasteiger partial charge in [0, 0.05) is 22.7 Å². The third-order valence-corrected chi connectivity index (χ3v) is 5.31. The van der Waals surface area contributed by atoms with E-state index in [1.54, 1.807) is 23.1 Å². The second kappa shape index (κ2) is 8.24. The van der Waals surface area contributed by atoms with Crippen LogP contribution in [-0.2, 0) is 0 Å². The summed E-state index contributed by atoms with van der Waals surface area (Å²) in [6.45, 7) is 6.87. The van der Waals surface area contributed by atoms with Crippen molar-refractivity contribution in [1.29, 1.82) is 0 Å². The number of hydrogen-bond acceptors (Lipinski definition) is 4. The van der Waals surface area contributed by atoms with E-state index in [1.807, 2.05) is 24.3 Å². The van der Waals surface area contributed by atoms with Gasteiger partial charge < -0.3 is 14.7 Å². The van der Waals surface area contributed by atoms with Crippen molar-refractivity contribution in [2.75, 3.05) is 13.2 Å². The number of ether oxygens (including phenoxy) is 1. The summed E-state index contributed by atoms with van der Waals surface area (Å²) in [6.07, 6.45) is 2.62. The number of halogens is 1. The first kappa shape index (κ1) is 20.0. The Balaban J connectivity index is 1.82. The average Bonchev–Trinajstić information content (AvgIpc) is 3.29. The predicted octanol–water partition coefficient (Wildman–Crippen LogP) is 4.96. The summed E-state index contributed by atoms with van der Waals surface area (Å²) in [6, 6.07) is 12.1. The minimum Gasteiger partial charge on any atom is -0.507 e. The zero-order valence-corrected chi connectivity index (χ0v) is 17.3. The molecule has 2 heterocycles. The molecule has 1 atom stereocenters. The SMILES string of the molecule is C=CCN1C(=O)c2[nH]nc(-c3cc(Cl)ccc3O)c2C1c1ccc(OCCC)cc1. The number of rotatable bonds is 7. The molecule has 0 fully saturated rings. The maximum atomic E-state index is 13.1. The first-order chi connectivity index (χ1) is 14.5. The number of aromatic nitrogens is 2. The predicted molar refractivity (Wildman–Crippen MR) is 116 cm³/mol. The van der Waals surface area contributed by atoms with Crippen molar-refractivity contribution in [2.45, 2.75) is 19.4 Å². The maximum Gasteiger partial charge on any atom is 0.273 e. The highest BCUT2D eigenvalue weighted by molar-refractivity contribution is 6.31. The van der Waals surface area contributed by atoms with Gasteiger partial charge in [0.05, 0.1) is 12.6 Å². The van der Waals surface area contributed by atoms with E-state index in [9.17, 15) is 9.90 Å². The number of aromatic amines is 1. The minimum absolute atomic E-state index is 0.0467. The lowest BCUT2D eigenvalue weighted by atomic mass is 9.95. The summed E-state index contributed by atoms with van der Waals surface area (Å²) in [7, 11) is 0. The molecule has 154 valence electrons. The lowest BCUT2D eigenvalue weighted by Crippen LogP contribution is -2.29. The number of phenolic OH excluding ortho intramolecular Hbond substituents is 1. The molecule has 6 nitrogen and oxygen atoms in total. The quantitative estimate of drug-likeness (QED) is 0.527. The Morgan fingerprint density at radius 1 is 1.30 bits per heavy atom. The van der Waals surface area contributed by atoms with Crippen molar-refractivity contribution in [2.24, 2.45) is 0 Å². The molecule has 30 heavy (non-hydrogen) atoms. The van der Waals surface area contributed by atoms with Crippen LogP contribution in [0.1, 0.15) is 41.0 Å². The van der Waals surface area contributed by atoms with Gasteiger partial charge in [0.25, 0.3) is 5.91 Å². The van der Waals surface area contributed by atoms with E-state index in [0.29, 0.717) is 40.7 Å². The Morgan fingerprint density at radius 2 is 2.07 bits per heavy atom. The zero-order valence-electron chi connectivity index (χ0n) is 16.6.